The van der Waals surface area contributed by atoms with Gasteiger partial charge in [-0.15, -0.1) is 0 Å². The van der Waals surface area contributed by atoms with Gasteiger partial charge >= 0.3 is 0 Å². The Morgan fingerprint density at radius 1 is 1.45 bits per heavy atom. The highest BCUT2D eigenvalue weighted by Crippen LogP contribution is 2.24. The lowest BCUT2D eigenvalue weighted by atomic mass is 9.85. The van der Waals surface area contributed by atoms with Crippen LogP contribution in [0.15, 0.2) is 12.8 Å². The van der Waals surface area contributed by atoms with Crippen molar-refractivity contribution in [1.82, 2.24) is 5.32 Å². The SMILES string of the molecule is C=CNC1CCCCC1CF. The third-order valence-electron chi connectivity index (χ3n) is 2.44. The molecule has 0 heterocycles. The predicted octanol–water partition coefficient (Wildman–Crippen LogP) is 2.25. The quantitative estimate of drug-likeness (QED) is 0.662. The van der Waals surface area contributed by atoms with E-state index >= 15 is 0 Å². The number of hydrogen-bond acceptors (Lipinski definition) is 1. The molecule has 0 radical (unpaired) electrons. The second-order valence-electron chi connectivity index (χ2n) is 3.18. The summed E-state index contributed by atoms with van der Waals surface area (Å²) in [7, 11) is 0. The van der Waals surface area contributed by atoms with Crippen molar-refractivity contribution in [2.75, 3.05) is 6.67 Å². The molecule has 64 valence electrons. The molecule has 1 N–H and O–H groups in total. The van der Waals surface area contributed by atoms with E-state index in [4.69, 9.17) is 0 Å². The summed E-state index contributed by atoms with van der Waals surface area (Å²) in [5, 5.41) is 3.11. The van der Waals surface area contributed by atoms with E-state index in [2.05, 4.69) is 11.9 Å². The lowest BCUT2D eigenvalue weighted by Crippen LogP contribution is -2.36. The molecular formula is C9H16FN. The third kappa shape index (κ3) is 2.21. The fraction of sp³-hybridized carbons (Fsp3) is 0.778. The normalized spacial score (nSPS) is 31.4. The zero-order valence-corrected chi connectivity index (χ0v) is 6.85. The van der Waals surface area contributed by atoms with Crippen LogP contribution in [-0.4, -0.2) is 12.7 Å². The maximum Gasteiger partial charge on any atom is 0.0942 e. The fourth-order valence-electron chi connectivity index (χ4n) is 1.76. The Morgan fingerprint density at radius 3 is 2.82 bits per heavy atom. The molecule has 0 bridgehead atoms. The molecule has 11 heavy (non-hydrogen) atoms. The summed E-state index contributed by atoms with van der Waals surface area (Å²) in [6.07, 6.45) is 6.22. The van der Waals surface area contributed by atoms with E-state index in [1.54, 1.807) is 6.20 Å². The standard InChI is InChI=1S/C9H16FN/c1-2-11-9-6-4-3-5-8(9)7-10/h2,8-9,11H,1,3-7H2. The second kappa shape index (κ2) is 4.37. The molecular weight excluding hydrogens is 141 g/mol. The van der Waals surface area contributed by atoms with Crippen LogP contribution in [0.4, 0.5) is 4.39 Å². The minimum Gasteiger partial charge on any atom is -0.388 e. The third-order valence-corrected chi connectivity index (χ3v) is 2.44. The lowest BCUT2D eigenvalue weighted by molar-refractivity contribution is 0.228. The minimum absolute atomic E-state index is 0.189. The monoisotopic (exact) mass is 157 g/mol. The molecule has 0 saturated heterocycles. The van der Waals surface area contributed by atoms with Crippen LogP contribution in [0.2, 0.25) is 0 Å². The van der Waals surface area contributed by atoms with Gasteiger partial charge in [0.2, 0.25) is 0 Å². The molecule has 0 aromatic rings. The summed E-state index contributed by atoms with van der Waals surface area (Å²) in [6.45, 7) is 3.40. The first-order valence-corrected chi connectivity index (χ1v) is 4.31. The van der Waals surface area contributed by atoms with Gasteiger partial charge in [-0.25, -0.2) is 0 Å². The van der Waals surface area contributed by atoms with E-state index in [9.17, 15) is 4.39 Å². The number of halogens is 1. The van der Waals surface area contributed by atoms with Crippen LogP contribution < -0.4 is 5.32 Å². The zero-order valence-electron chi connectivity index (χ0n) is 6.85. The first-order valence-electron chi connectivity index (χ1n) is 4.31. The summed E-state index contributed by atoms with van der Waals surface area (Å²) >= 11 is 0. The molecule has 1 aliphatic rings. The Labute approximate surface area is 67.7 Å². The molecule has 1 saturated carbocycles. The maximum absolute atomic E-state index is 12.4. The van der Waals surface area contributed by atoms with Crippen molar-refractivity contribution in [2.24, 2.45) is 5.92 Å². The van der Waals surface area contributed by atoms with Crippen molar-refractivity contribution in [3.8, 4) is 0 Å². The predicted molar refractivity (Wildman–Crippen MR) is 45.1 cm³/mol. The molecule has 1 fully saturated rings. The van der Waals surface area contributed by atoms with Gasteiger partial charge in [0.1, 0.15) is 0 Å². The van der Waals surface area contributed by atoms with Gasteiger partial charge in [-0.3, -0.25) is 4.39 Å². The molecule has 0 aromatic heterocycles. The first-order chi connectivity index (χ1) is 5.38. The Bertz CT molecular complexity index is 125. The van der Waals surface area contributed by atoms with Gasteiger partial charge in [0.05, 0.1) is 6.67 Å². The Morgan fingerprint density at radius 2 is 2.18 bits per heavy atom. The topological polar surface area (TPSA) is 12.0 Å². The molecule has 0 spiro atoms. The number of rotatable bonds is 3. The van der Waals surface area contributed by atoms with E-state index < -0.39 is 0 Å². The largest absolute Gasteiger partial charge is 0.388 e. The van der Waals surface area contributed by atoms with Crippen LogP contribution >= 0.6 is 0 Å². The van der Waals surface area contributed by atoms with Gasteiger partial charge in [-0.1, -0.05) is 19.4 Å². The molecule has 0 amide bonds. The van der Waals surface area contributed by atoms with Crippen molar-refractivity contribution in [3.05, 3.63) is 12.8 Å². The van der Waals surface area contributed by atoms with E-state index in [1.165, 1.54) is 12.8 Å². The van der Waals surface area contributed by atoms with E-state index in [0.717, 1.165) is 12.8 Å². The first kappa shape index (κ1) is 8.57. The van der Waals surface area contributed by atoms with E-state index in [1.807, 2.05) is 0 Å². The summed E-state index contributed by atoms with van der Waals surface area (Å²) in [6, 6.07) is 0.339. The fourth-order valence-corrected chi connectivity index (χ4v) is 1.76. The van der Waals surface area contributed by atoms with E-state index in [-0.39, 0.29) is 12.6 Å². The van der Waals surface area contributed by atoms with Gasteiger partial charge < -0.3 is 5.32 Å². The maximum atomic E-state index is 12.4. The van der Waals surface area contributed by atoms with Gasteiger partial charge in [0.25, 0.3) is 0 Å². The second-order valence-corrected chi connectivity index (χ2v) is 3.18. The van der Waals surface area contributed by atoms with Crippen LogP contribution in [0.3, 0.4) is 0 Å². The van der Waals surface area contributed by atoms with Crippen molar-refractivity contribution in [1.29, 1.82) is 0 Å². The lowest BCUT2D eigenvalue weighted by Gasteiger charge is -2.29. The average Bonchev–Trinajstić information content (AvgIpc) is 2.06. The number of alkyl halides is 1. The van der Waals surface area contributed by atoms with Crippen molar-refractivity contribution >= 4 is 0 Å². The van der Waals surface area contributed by atoms with Gasteiger partial charge in [0, 0.05) is 12.0 Å². The molecule has 0 aromatic carbocycles. The van der Waals surface area contributed by atoms with Crippen LogP contribution in [-0.2, 0) is 0 Å². The van der Waals surface area contributed by atoms with Crippen molar-refractivity contribution < 1.29 is 4.39 Å². The Kier molecular flexibility index (Phi) is 3.40. The van der Waals surface area contributed by atoms with Crippen molar-refractivity contribution in [2.45, 2.75) is 31.7 Å². The molecule has 1 nitrogen and oxygen atoms in total. The molecule has 2 heteroatoms. The summed E-state index contributed by atoms with van der Waals surface area (Å²) in [5.74, 6) is 0.224. The van der Waals surface area contributed by atoms with Crippen LogP contribution in [0.5, 0.6) is 0 Å². The summed E-state index contributed by atoms with van der Waals surface area (Å²) in [5.41, 5.74) is 0. The summed E-state index contributed by atoms with van der Waals surface area (Å²) in [4.78, 5) is 0. The highest BCUT2D eigenvalue weighted by molar-refractivity contribution is 4.83. The molecule has 1 rings (SSSR count). The Hall–Kier alpha value is -0.530. The van der Waals surface area contributed by atoms with Crippen LogP contribution in [0, 0.1) is 5.92 Å². The minimum atomic E-state index is -0.189. The van der Waals surface area contributed by atoms with Gasteiger partial charge in [-0.2, -0.15) is 0 Å². The van der Waals surface area contributed by atoms with Gasteiger partial charge in [0.15, 0.2) is 0 Å². The molecule has 0 aliphatic heterocycles. The van der Waals surface area contributed by atoms with Crippen LogP contribution in [0.25, 0.3) is 0 Å². The molecule has 1 aliphatic carbocycles. The van der Waals surface area contributed by atoms with Crippen molar-refractivity contribution in [3.63, 3.8) is 0 Å². The Balaban J connectivity index is 2.37. The summed E-state index contributed by atoms with van der Waals surface area (Å²) < 4.78 is 12.4. The highest BCUT2D eigenvalue weighted by Gasteiger charge is 2.23. The molecule has 2 atom stereocenters. The zero-order chi connectivity index (χ0) is 8.10. The average molecular weight is 157 g/mol. The van der Waals surface area contributed by atoms with E-state index in [0.29, 0.717) is 6.04 Å². The molecule has 2 unspecified atom stereocenters. The smallest absolute Gasteiger partial charge is 0.0942 e. The highest BCUT2D eigenvalue weighted by atomic mass is 19.1. The van der Waals surface area contributed by atoms with Gasteiger partial charge in [-0.05, 0) is 19.0 Å². The number of nitrogens with one attached hydrogen (secondary N) is 1. The number of hydrogen-bond donors (Lipinski definition) is 1. The van der Waals surface area contributed by atoms with Crippen LogP contribution in [0.1, 0.15) is 25.7 Å².